The van der Waals surface area contributed by atoms with E-state index in [0.29, 0.717) is 5.78 Å². The van der Waals surface area contributed by atoms with E-state index in [1.165, 1.54) is 0 Å². The molecule has 2 aliphatic rings. The Balaban J connectivity index is 1.74. The molecule has 2 fully saturated rings. The van der Waals surface area contributed by atoms with Gasteiger partial charge in [-0.3, -0.25) is 4.79 Å². The summed E-state index contributed by atoms with van der Waals surface area (Å²) in [4.78, 5) is 22.4. The lowest BCUT2D eigenvalue weighted by molar-refractivity contribution is -0.122. The molecule has 4 rings (SSSR count). The van der Waals surface area contributed by atoms with Gasteiger partial charge in [0.25, 0.3) is 0 Å². The monoisotopic (exact) mass is 326 g/mol. The second kappa shape index (κ2) is 4.79. The van der Waals surface area contributed by atoms with Crippen molar-refractivity contribution < 1.29 is 4.79 Å². The number of rotatable bonds is 2. The Kier molecular flexibility index (Phi) is 3.15. The molecule has 1 aromatic heterocycles. The smallest absolute Gasteiger partial charge is 0.150 e. The van der Waals surface area contributed by atoms with E-state index >= 15 is 0 Å². The van der Waals surface area contributed by atoms with Crippen LogP contribution in [0.25, 0.3) is 11.0 Å². The Hall–Kier alpha value is -1.42. The van der Waals surface area contributed by atoms with E-state index in [1.807, 2.05) is 31.2 Å². The molecule has 2 aromatic rings. The number of benzene rings is 1. The molecule has 0 saturated heterocycles. The predicted molar refractivity (Wildman–Crippen MR) is 93.5 cm³/mol. The molecule has 1 heterocycles. The maximum atomic E-state index is 12.9. The molecule has 2 aliphatic carbocycles. The van der Waals surface area contributed by atoms with Crippen molar-refractivity contribution in [3.63, 3.8) is 0 Å². The number of hydrogen-bond acceptors (Lipinski definition) is 4. The summed E-state index contributed by atoms with van der Waals surface area (Å²) < 4.78 is 0. The Morgan fingerprint density at radius 2 is 1.78 bits per heavy atom. The van der Waals surface area contributed by atoms with Gasteiger partial charge in [-0.15, -0.1) is 0 Å². The first-order chi connectivity index (χ1) is 10.8. The minimum absolute atomic E-state index is 0.00501. The van der Waals surface area contributed by atoms with Crippen molar-refractivity contribution >= 4 is 28.6 Å². The first-order valence-corrected chi connectivity index (χ1v) is 9.16. The number of aryl methyl sites for hydroxylation is 1. The first kappa shape index (κ1) is 15.1. The van der Waals surface area contributed by atoms with E-state index in [1.54, 1.807) is 11.8 Å². The molecule has 3 atom stereocenters. The lowest BCUT2D eigenvalue weighted by atomic mass is 9.71. The molecule has 0 amide bonds. The van der Waals surface area contributed by atoms with E-state index in [9.17, 15) is 4.79 Å². The quantitative estimate of drug-likeness (QED) is 0.819. The van der Waals surface area contributed by atoms with E-state index in [0.717, 1.165) is 34.6 Å². The highest BCUT2D eigenvalue weighted by Gasteiger charge is 2.66. The number of carbonyl (C=O) groups is 1. The summed E-state index contributed by atoms with van der Waals surface area (Å²) in [6, 6.07) is 7.93. The van der Waals surface area contributed by atoms with Gasteiger partial charge < -0.3 is 0 Å². The number of aromatic nitrogens is 2. The summed E-state index contributed by atoms with van der Waals surface area (Å²) in [6.45, 7) is 8.82. The Morgan fingerprint density at radius 3 is 2.39 bits per heavy atom. The van der Waals surface area contributed by atoms with Crippen LogP contribution in [0.1, 0.15) is 39.3 Å². The molecule has 1 aromatic carbocycles. The van der Waals surface area contributed by atoms with Gasteiger partial charge in [-0.2, -0.15) is 0 Å². The average Bonchev–Trinajstić information content (AvgIpc) is 2.81. The molecular formula is C19H22N2OS. The Morgan fingerprint density at radius 1 is 1.13 bits per heavy atom. The number of Topliss-reactive ketones (excluding diaryl/α,β-unsaturated/α-hetero) is 1. The molecule has 2 bridgehead atoms. The molecule has 0 spiro atoms. The molecule has 2 saturated carbocycles. The minimum Gasteiger partial charge on any atom is -0.298 e. The number of para-hydroxylation sites is 2. The minimum atomic E-state index is 0.00501. The summed E-state index contributed by atoms with van der Waals surface area (Å²) in [7, 11) is 0. The SMILES string of the molecule is Cc1nc2ccccc2nc1S[C@@H]1C(=O)[C@H]2CC[C@@]1(C)C2(C)C. The lowest BCUT2D eigenvalue weighted by Gasteiger charge is -2.37. The van der Waals surface area contributed by atoms with Crippen LogP contribution in [-0.2, 0) is 4.79 Å². The van der Waals surface area contributed by atoms with E-state index in [4.69, 9.17) is 4.98 Å². The van der Waals surface area contributed by atoms with Gasteiger partial charge in [-0.1, -0.05) is 44.7 Å². The first-order valence-electron chi connectivity index (χ1n) is 8.28. The number of hydrogen-bond donors (Lipinski definition) is 0. The van der Waals surface area contributed by atoms with Gasteiger partial charge >= 0.3 is 0 Å². The molecule has 0 unspecified atom stereocenters. The number of fused-ring (bicyclic) bond motifs is 3. The Labute approximate surface area is 141 Å². The third-order valence-corrected chi connectivity index (χ3v) is 8.01. The zero-order valence-electron chi connectivity index (χ0n) is 14.1. The zero-order chi connectivity index (χ0) is 16.4. The van der Waals surface area contributed by atoms with E-state index in [-0.39, 0.29) is 22.0 Å². The predicted octanol–water partition coefficient (Wildman–Crippen LogP) is 4.42. The third kappa shape index (κ3) is 1.94. The standard InChI is InChI=1S/C19H22N2OS/c1-11-17(21-14-8-6-5-7-13(14)20-11)23-16-15(22)12-9-10-19(16,4)18(12,2)3/h5-8,12,16H,9-10H2,1-4H3/t12-,16-,19-/m1/s1. The van der Waals surface area contributed by atoms with Gasteiger partial charge in [0, 0.05) is 5.92 Å². The Bertz CT molecular complexity index is 816. The molecule has 4 heteroatoms. The largest absolute Gasteiger partial charge is 0.298 e. The van der Waals surface area contributed by atoms with Gasteiger partial charge in [0.2, 0.25) is 0 Å². The normalized spacial score (nSPS) is 31.9. The van der Waals surface area contributed by atoms with Gasteiger partial charge in [-0.05, 0) is 42.7 Å². The van der Waals surface area contributed by atoms with Gasteiger partial charge in [0.05, 0.1) is 22.0 Å². The van der Waals surface area contributed by atoms with Crippen LogP contribution in [0.3, 0.4) is 0 Å². The van der Waals surface area contributed by atoms with Crippen LogP contribution in [0.5, 0.6) is 0 Å². The third-order valence-electron chi connectivity index (χ3n) is 6.41. The van der Waals surface area contributed by atoms with Crippen LogP contribution >= 0.6 is 11.8 Å². The molecule has 0 N–H and O–H groups in total. The fourth-order valence-corrected chi connectivity index (χ4v) is 6.02. The summed E-state index contributed by atoms with van der Waals surface area (Å²) in [5, 5.41) is 0.914. The van der Waals surface area contributed by atoms with Gasteiger partial charge in [0.15, 0.2) is 0 Å². The van der Waals surface area contributed by atoms with Crippen LogP contribution in [0.2, 0.25) is 0 Å². The maximum Gasteiger partial charge on any atom is 0.150 e. The highest BCUT2D eigenvalue weighted by Crippen LogP contribution is 2.67. The summed E-state index contributed by atoms with van der Waals surface area (Å²) in [5.41, 5.74) is 2.88. The number of nitrogens with zero attached hydrogens (tertiary/aromatic N) is 2. The number of thioether (sulfide) groups is 1. The van der Waals surface area contributed by atoms with E-state index in [2.05, 4.69) is 25.8 Å². The van der Waals surface area contributed by atoms with Crippen molar-refractivity contribution in [3.05, 3.63) is 30.0 Å². The molecule has 120 valence electrons. The summed E-state index contributed by atoms with van der Waals surface area (Å²) in [6.07, 6.45) is 2.18. The van der Waals surface area contributed by atoms with Crippen LogP contribution < -0.4 is 0 Å². The van der Waals surface area contributed by atoms with Gasteiger partial charge in [-0.25, -0.2) is 9.97 Å². The number of carbonyl (C=O) groups excluding carboxylic acids is 1. The van der Waals surface area contributed by atoms with Crippen molar-refractivity contribution in [1.82, 2.24) is 9.97 Å². The van der Waals surface area contributed by atoms with Crippen molar-refractivity contribution in [2.24, 2.45) is 16.7 Å². The second-order valence-corrected chi connectivity index (χ2v) is 8.83. The van der Waals surface area contributed by atoms with Crippen molar-refractivity contribution in [2.75, 3.05) is 0 Å². The van der Waals surface area contributed by atoms with E-state index < -0.39 is 0 Å². The maximum absolute atomic E-state index is 12.9. The number of ketones is 1. The summed E-state index contributed by atoms with van der Waals surface area (Å²) >= 11 is 1.64. The highest BCUT2D eigenvalue weighted by atomic mass is 32.2. The van der Waals surface area contributed by atoms with Crippen LogP contribution in [0.4, 0.5) is 0 Å². The highest BCUT2D eigenvalue weighted by molar-refractivity contribution is 8.00. The van der Waals surface area contributed by atoms with Crippen LogP contribution in [-0.4, -0.2) is 21.0 Å². The van der Waals surface area contributed by atoms with Crippen molar-refractivity contribution in [3.8, 4) is 0 Å². The lowest BCUT2D eigenvalue weighted by Crippen LogP contribution is -2.35. The van der Waals surface area contributed by atoms with Crippen LogP contribution in [0, 0.1) is 23.7 Å². The average molecular weight is 326 g/mol. The van der Waals surface area contributed by atoms with Crippen LogP contribution in [0.15, 0.2) is 29.3 Å². The molecule has 23 heavy (non-hydrogen) atoms. The van der Waals surface area contributed by atoms with Crippen molar-refractivity contribution in [1.29, 1.82) is 0 Å². The molecule has 3 nitrogen and oxygen atoms in total. The molecular weight excluding hydrogens is 304 g/mol. The van der Waals surface area contributed by atoms with Gasteiger partial charge in [0.1, 0.15) is 10.8 Å². The topological polar surface area (TPSA) is 42.9 Å². The summed E-state index contributed by atoms with van der Waals surface area (Å²) in [5.74, 6) is 0.627. The fraction of sp³-hybridized carbons (Fsp3) is 0.526. The zero-order valence-corrected chi connectivity index (χ0v) is 14.9. The van der Waals surface area contributed by atoms with Crippen molar-refractivity contribution in [2.45, 2.75) is 50.8 Å². The second-order valence-electron chi connectivity index (χ2n) is 7.73. The molecule has 0 aliphatic heterocycles. The molecule has 0 radical (unpaired) electrons. The fourth-order valence-electron chi connectivity index (χ4n) is 4.47.